The van der Waals surface area contributed by atoms with E-state index in [2.05, 4.69) is 0 Å². The molecule has 2 rings (SSSR count). The van der Waals surface area contributed by atoms with Crippen LogP contribution < -0.4 is 10.5 Å². The number of hydrogen-bond donors (Lipinski definition) is 3. The highest BCUT2D eigenvalue weighted by atomic mass is 16.5. The Balaban J connectivity index is 2.36. The van der Waals surface area contributed by atoms with Gasteiger partial charge in [0.2, 0.25) is 0 Å². The molecule has 0 aliphatic carbocycles. The molecule has 0 aliphatic rings. The minimum atomic E-state index is -1.09. The van der Waals surface area contributed by atoms with Crippen LogP contribution >= 0.6 is 0 Å². The maximum atomic E-state index is 11.1. The molecule has 0 fully saturated rings. The first-order valence-electron chi connectivity index (χ1n) is 5.60. The number of nitrogen functional groups attached to an aromatic ring is 1. The van der Waals surface area contributed by atoms with E-state index in [1.807, 2.05) is 0 Å². The molecule has 19 heavy (non-hydrogen) atoms. The van der Waals surface area contributed by atoms with Crippen LogP contribution in [0.2, 0.25) is 0 Å². The predicted molar refractivity (Wildman–Crippen MR) is 70.3 cm³/mol. The van der Waals surface area contributed by atoms with Crippen molar-refractivity contribution in [3.63, 3.8) is 0 Å². The van der Waals surface area contributed by atoms with Crippen LogP contribution in [0.15, 0.2) is 42.5 Å². The van der Waals surface area contributed by atoms with Crippen molar-refractivity contribution in [1.29, 1.82) is 0 Å². The first kappa shape index (κ1) is 12.9. The molecule has 0 radical (unpaired) electrons. The van der Waals surface area contributed by atoms with Crippen molar-refractivity contribution >= 4 is 11.7 Å². The second-order valence-electron chi connectivity index (χ2n) is 3.97. The van der Waals surface area contributed by atoms with Crippen molar-refractivity contribution in [2.75, 3.05) is 5.73 Å². The third kappa shape index (κ3) is 3.02. The summed E-state index contributed by atoms with van der Waals surface area (Å²) in [5.74, 6) is -0.476. The van der Waals surface area contributed by atoms with Crippen LogP contribution in [0.4, 0.5) is 5.69 Å². The number of aromatic carboxylic acids is 1. The SMILES string of the molecule is Nc1ccc(C(=O)O)c(Oc2cccc(CO)c2)c1. The van der Waals surface area contributed by atoms with E-state index < -0.39 is 5.97 Å². The quantitative estimate of drug-likeness (QED) is 0.732. The highest BCUT2D eigenvalue weighted by Gasteiger charge is 2.12. The Labute approximate surface area is 109 Å². The summed E-state index contributed by atoms with van der Waals surface area (Å²) in [7, 11) is 0. The van der Waals surface area contributed by atoms with Crippen molar-refractivity contribution in [3.05, 3.63) is 53.6 Å². The van der Waals surface area contributed by atoms with Gasteiger partial charge in [0.25, 0.3) is 0 Å². The van der Waals surface area contributed by atoms with E-state index in [4.69, 9.17) is 20.7 Å². The lowest BCUT2D eigenvalue weighted by Gasteiger charge is -2.10. The largest absolute Gasteiger partial charge is 0.478 e. The molecular weight excluding hydrogens is 246 g/mol. The Morgan fingerprint density at radius 3 is 2.68 bits per heavy atom. The molecule has 98 valence electrons. The summed E-state index contributed by atoms with van der Waals surface area (Å²) in [5, 5.41) is 18.1. The summed E-state index contributed by atoms with van der Waals surface area (Å²) in [4.78, 5) is 11.1. The monoisotopic (exact) mass is 259 g/mol. The Bertz CT molecular complexity index is 610. The number of hydrogen-bond acceptors (Lipinski definition) is 4. The zero-order valence-corrected chi connectivity index (χ0v) is 10.0. The summed E-state index contributed by atoms with van der Waals surface area (Å²) in [6.45, 7) is -0.111. The van der Waals surface area contributed by atoms with Gasteiger partial charge < -0.3 is 20.7 Å². The number of carbonyl (C=O) groups is 1. The second kappa shape index (κ2) is 5.41. The molecule has 0 aromatic heterocycles. The third-order valence-corrected chi connectivity index (χ3v) is 2.54. The van der Waals surface area contributed by atoms with Crippen molar-refractivity contribution in [2.45, 2.75) is 6.61 Å². The lowest BCUT2D eigenvalue weighted by Crippen LogP contribution is -2.01. The molecule has 0 spiro atoms. The molecule has 0 atom stereocenters. The number of anilines is 1. The van der Waals surface area contributed by atoms with Crippen molar-refractivity contribution in [2.24, 2.45) is 0 Å². The molecule has 5 nitrogen and oxygen atoms in total. The van der Waals surface area contributed by atoms with Gasteiger partial charge in [-0.25, -0.2) is 4.79 Å². The minimum Gasteiger partial charge on any atom is -0.478 e. The molecule has 5 heteroatoms. The van der Waals surface area contributed by atoms with Crippen molar-refractivity contribution in [1.82, 2.24) is 0 Å². The van der Waals surface area contributed by atoms with Crippen LogP contribution in [0, 0.1) is 0 Å². The standard InChI is InChI=1S/C14H13NO4/c15-10-4-5-12(14(17)18)13(7-10)19-11-3-1-2-9(6-11)8-16/h1-7,16H,8,15H2,(H,17,18). The van der Waals surface area contributed by atoms with Crippen LogP contribution in [-0.2, 0) is 6.61 Å². The van der Waals surface area contributed by atoms with Crippen LogP contribution in [0.1, 0.15) is 15.9 Å². The Morgan fingerprint density at radius 1 is 1.21 bits per heavy atom. The van der Waals surface area contributed by atoms with E-state index in [-0.39, 0.29) is 17.9 Å². The van der Waals surface area contributed by atoms with Gasteiger partial charge in [-0.3, -0.25) is 0 Å². The van der Waals surface area contributed by atoms with E-state index in [0.29, 0.717) is 17.0 Å². The summed E-state index contributed by atoms with van der Waals surface area (Å²) >= 11 is 0. The average molecular weight is 259 g/mol. The topological polar surface area (TPSA) is 92.8 Å². The van der Waals surface area contributed by atoms with E-state index >= 15 is 0 Å². The first-order chi connectivity index (χ1) is 9.10. The molecular formula is C14H13NO4. The molecule has 0 amide bonds. The fourth-order valence-corrected chi connectivity index (χ4v) is 1.63. The van der Waals surface area contributed by atoms with E-state index in [9.17, 15) is 4.79 Å². The maximum absolute atomic E-state index is 11.1. The molecule has 0 aliphatic heterocycles. The number of aliphatic hydroxyl groups excluding tert-OH is 1. The number of carboxylic acids is 1. The minimum absolute atomic E-state index is 0.0311. The summed E-state index contributed by atoms with van der Waals surface area (Å²) in [5.41, 5.74) is 6.75. The normalized spacial score (nSPS) is 10.2. The van der Waals surface area contributed by atoms with Crippen molar-refractivity contribution < 1.29 is 19.7 Å². The van der Waals surface area contributed by atoms with Gasteiger partial charge in [0.15, 0.2) is 0 Å². The molecule has 0 saturated heterocycles. The predicted octanol–water partition coefficient (Wildman–Crippen LogP) is 2.25. The average Bonchev–Trinajstić information content (AvgIpc) is 2.38. The van der Waals surface area contributed by atoms with E-state index in [0.717, 1.165) is 0 Å². The maximum Gasteiger partial charge on any atom is 0.339 e. The van der Waals surface area contributed by atoms with Gasteiger partial charge >= 0.3 is 5.97 Å². The van der Waals surface area contributed by atoms with Gasteiger partial charge in [0, 0.05) is 11.8 Å². The Morgan fingerprint density at radius 2 is 2.00 bits per heavy atom. The highest BCUT2D eigenvalue weighted by molar-refractivity contribution is 5.91. The molecule has 0 unspecified atom stereocenters. The summed E-state index contributed by atoms with van der Waals surface area (Å²) in [6, 6.07) is 11.1. The zero-order valence-electron chi connectivity index (χ0n) is 10.0. The van der Waals surface area contributed by atoms with Gasteiger partial charge in [-0.2, -0.15) is 0 Å². The molecule has 0 saturated carbocycles. The number of rotatable bonds is 4. The van der Waals surface area contributed by atoms with Gasteiger partial charge in [-0.15, -0.1) is 0 Å². The smallest absolute Gasteiger partial charge is 0.339 e. The lowest BCUT2D eigenvalue weighted by molar-refractivity contribution is 0.0694. The van der Waals surface area contributed by atoms with Crippen LogP contribution in [0.5, 0.6) is 11.5 Å². The van der Waals surface area contributed by atoms with E-state index in [1.165, 1.54) is 18.2 Å². The lowest BCUT2D eigenvalue weighted by atomic mass is 10.2. The Hall–Kier alpha value is -2.53. The van der Waals surface area contributed by atoms with Gasteiger partial charge in [0.05, 0.1) is 6.61 Å². The molecule has 2 aromatic rings. The van der Waals surface area contributed by atoms with Gasteiger partial charge in [-0.1, -0.05) is 12.1 Å². The molecule has 2 aromatic carbocycles. The number of aliphatic hydroxyl groups is 1. The number of benzene rings is 2. The number of nitrogens with two attached hydrogens (primary N) is 1. The highest BCUT2D eigenvalue weighted by Crippen LogP contribution is 2.28. The molecule has 4 N–H and O–H groups in total. The van der Waals surface area contributed by atoms with Crippen LogP contribution in [0.3, 0.4) is 0 Å². The summed E-state index contributed by atoms with van der Waals surface area (Å²) in [6.07, 6.45) is 0. The first-order valence-corrected chi connectivity index (χ1v) is 5.60. The van der Waals surface area contributed by atoms with Gasteiger partial charge in [-0.05, 0) is 29.8 Å². The Kier molecular flexibility index (Phi) is 3.68. The van der Waals surface area contributed by atoms with Crippen LogP contribution in [-0.4, -0.2) is 16.2 Å². The molecule has 0 heterocycles. The third-order valence-electron chi connectivity index (χ3n) is 2.54. The van der Waals surface area contributed by atoms with Crippen molar-refractivity contribution in [3.8, 4) is 11.5 Å². The number of carboxylic acid groups (broad SMARTS) is 1. The van der Waals surface area contributed by atoms with Gasteiger partial charge in [0.1, 0.15) is 17.1 Å². The zero-order chi connectivity index (χ0) is 13.8. The fourth-order valence-electron chi connectivity index (χ4n) is 1.63. The number of ether oxygens (including phenoxy) is 1. The fraction of sp³-hybridized carbons (Fsp3) is 0.0714. The summed E-state index contributed by atoms with van der Waals surface area (Å²) < 4.78 is 5.52. The second-order valence-corrected chi connectivity index (χ2v) is 3.97. The van der Waals surface area contributed by atoms with E-state index in [1.54, 1.807) is 24.3 Å². The molecule has 0 bridgehead atoms. The van der Waals surface area contributed by atoms with Crippen LogP contribution in [0.25, 0.3) is 0 Å².